The van der Waals surface area contributed by atoms with E-state index in [0.717, 1.165) is 30.2 Å². The van der Waals surface area contributed by atoms with Crippen LogP contribution in [0.25, 0.3) is 0 Å². The fourth-order valence-electron chi connectivity index (χ4n) is 2.47. The Balaban J connectivity index is 2.16. The number of hydrogen-bond donors (Lipinski definition) is 1. The van der Waals surface area contributed by atoms with E-state index < -0.39 is 11.4 Å². The van der Waals surface area contributed by atoms with Gasteiger partial charge in [0.05, 0.1) is 5.41 Å². The molecule has 2 nitrogen and oxygen atoms in total. The van der Waals surface area contributed by atoms with Crippen LogP contribution in [0.15, 0.2) is 15.9 Å². The lowest BCUT2D eigenvalue weighted by molar-refractivity contribution is -0.151. The maximum atomic E-state index is 11.5. The molecule has 88 valence electrons. The van der Waals surface area contributed by atoms with Crippen LogP contribution in [-0.2, 0) is 11.2 Å². The highest BCUT2D eigenvalue weighted by Crippen LogP contribution is 2.40. The van der Waals surface area contributed by atoms with Gasteiger partial charge in [-0.2, -0.15) is 0 Å². The molecule has 1 heterocycles. The Morgan fingerprint density at radius 2 is 2.12 bits per heavy atom. The molecular weight excluding hydrogens is 288 g/mol. The van der Waals surface area contributed by atoms with Crippen LogP contribution in [0.2, 0.25) is 0 Å². The van der Waals surface area contributed by atoms with E-state index in [0.29, 0.717) is 6.42 Å². The van der Waals surface area contributed by atoms with E-state index in [4.69, 9.17) is 0 Å². The topological polar surface area (TPSA) is 37.3 Å². The number of carbonyl (C=O) groups is 1. The van der Waals surface area contributed by atoms with Crippen LogP contribution in [0.4, 0.5) is 0 Å². The molecule has 0 amide bonds. The molecule has 0 atom stereocenters. The Morgan fingerprint density at radius 3 is 2.62 bits per heavy atom. The molecule has 2 rings (SSSR count). The normalized spacial score (nSPS) is 19.6. The molecule has 1 aromatic heterocycles. The summed E-state index contributed by atoms with van der Waals surface area (Å²) in [4.78, 5) is 12.7. The van der Waals surface area contributed by atoms with Gasteiger partial charge in [-0.3, -0.25) is 4.79 Å². The molecule has 0 aliphatic heterocycles. The standard InChI is InChI=1S/C12H15BrO2S/c13-9-6-10(16-8-9)7-12(11(14)15)4-2-1-3-5-12/h6,8H,1-5,7H2,(H,14,15). The molecule has 0 saturated heterocycles. The summed E-state index contributed by atoms with van der Waals surface area (Å²) < 4.78 is 1.06. The van der Waals surface area contributed by atoms with Crippen molar-refractivity contribution in [3.63, 3.8) is 0 Å². The average molecular weight is 303 g/mol. The van der Waals surface area contributed by atoms with Crippen molar-refractivity contribution in [3.8, 4) is 0 Å². The molecule has 0 spiro atoms. The lowest BCUT2D eigenvalue weighted by Gasteiger charge is -2.32. The Bertz CT molecular complexity index is 380. The minimum atomic E-state index is -0.614. The summed E-state index contributed by atoms with van der Waals surface area (Å²) in [6, 6.07) is 2.05. The summed E-state index contributed by atoms with van der Waals surface area (Å²) in [6.07, 6.45) is 5.65. The summed E-state index contributed by atoms with van der Waals surface area (Å²) in [6.45, 7) is 0. The molecule has 1 N–H and O–H groups in total. The van der Waals surface area contributed by atoms with Crippen LogP contribution >= 0.6 is 27.3 Å². The van der Waals surface area contributed by atoms with Gasteiger partial charge in [0.25, 0.3) is 0 Å². The quantitative estimate of drug-likeness (QED) is 0.913. The highest BCUT2D eigenvalue weighted by molar-refractivity contribution is 9.10. The second-order valence-corrected chi connectivity index (χ2v) is 6.47. The predicted octanol–water partition coefficient (Wildman–Crippen LogP) is 4.09. The van der Waals surface area contributed by atoms with Crippen molar-refractivity contribution in [2.75, 3.05) is 0 Å². The fourth-order valence-corrected chi connectivity index (χ4v) is 4.07. The van der Waals surface area contributed by atoms with Crippen molar-refractivity contribution in [1.29, 1.82) is 0 Å². The van der Waals surface area contributed by atoms with Gasteiger partial charge >= 0.3 is 5.97 Å². The summed E-state index contributed by atoms with van der Waals surface area (Å²) in [7, 11) is 0. The van der Waals surface area contributed by atoms with Crippen LogP contribution in [0.5, 0.6) is 0 Å². The Hall–Kier alpha value is -0.350. The van der Waals surface area contributed by atoms with E-state index in [9.17, 15) is 9.90 Å². The number of thiophene rings is 1. The molecule has 0 bridgehead atoms. The van der Waals surface area contributed by atoms with Crippen molar-refractivity contribution in [2.24, 2.45) is 5.41 Å². The SMILES string of the molecule is O=C(O)C1(Cc2cc(Br)cs2)CCCCC1. The van der Waals surface area contributed by atoms with Gasteiger partial charge in [0.1, 0.15) is 0 Å². The molecule has 1 saturated carbocycles. The van der Waals surface area contributed by atoms with E-state index in [-0.39, 0.29) is 0 Å². The number of rotatable bonds is 3. The van der Waals surface area contributed by atoms with Gasteiger partial charge < -0.3 is 5.11 Å². The second-order valence-electron chi connectivity index (χ2n) is 4.55. The van der Waals surface area contributed by atoms with Crippen LogP contribution < -0.4 is 0 Å². The summed E-state index contributed by atoms with van der Waals surface area (Å²) in [5.74, 6) is -0.614. The zero-order valence-corrected chi connectivity index (χ0v) is 11.4. The first kappa shape index (κ1) is 12.1. The zero-order chi connectivity index (χ0) is 11.6. The first-order chi connectivity index (χ1) is 7.62. The first-order valence-corrected chi connectivity index (χ1v) is 7.26. The Labute approximate surface area is 108 Å². The van der Waals surface area contributed by atoms with Gasteiger partial charge in [0.15, 0.2) is 0 Å². The van der Waals surface area contributed by atoms with Crippen molar-refractivity contribution in [3.05, 3.63) is 20.8 Å². The fraction of sp³-hybridized carbons (Fsp3) is 0.583. The summed E-state index contributed by atoms with van der Waals surface area (Å²) >= 11 is 5.06. The monoisotopic (exact) mass is 302 g/mol. The molecule has 4 heteroatoms. The Kier molecular flexibility index (Phi) is 3.70. The van der Waals surface area contributed by atoms with Gasteiger partial charge in [-0.25, -0.2) is 0 Å². The zero-order valence-electron chi connectivity index (χ0n) is 9.04. The molecular formula is C12H15BrO2S. The van der Waals surface area contributed by atoms with Gasteiger partial charge in [-0.1, -0.05) is 19.3 Å². The maximum absolute atomic E-state index is 11.5. The van der Waals surface area contributed by atoms with Crippen molar-refractivity contribution >= 4 is 33.2 Å². The van der Waals surface area contributed by atoms with E-state index in [1.165, 1.54) is 11.3 Å². The minimum absolute atomic E-state index is 0.497. The average Bonchev–Trinajstić information content (AvgIpc) is 2.65. The summed E-state index contributed by atoms with van der Waals surface area (Å²) in [5, 5.41) is 11.5. The smallest absolute Gasteiger partial charge is 0.309 e. The van der Waals surface area contributed by atoms with E-state index in [1.807, 2.05) is 11.4 Å². The van der Waals surface area contributed by atoms with Crippen molar-refractivity contribution in [2.45, 2.75) is 38.5 Å². The van der Waals surface area contributed by atoms with Crippen LogP contribution in [0.3, 0.4) is 0 Å². The number of halogens is 1. The number of hydrogen-bond acceptors (Lipinski definition) is 2. The molecule has 1 aromatic rings. The third-order valence-electron chi connectivity index (χ3n) is 3.40. The van der Waals surface area contributed by atoms with Gasteiger partial charge in [0.2, 0.25) is 0 Å². The van der Waals surface area contributed by atoms with Crippen molar-refractivity contribution < 1.29 is 9.90 Å². The largest absolute Gasteiger partial charge is 0.481 e. The predicted molar refractivity (Wildman–Crippen MR) is 68.9 cm³/mol. The van der Waals surface area contributed by atoms with Crippen molar-refractivity contribution in [1.82, 2.24) is 0 Å². The third-order valence-corrected chi connectivity index (χ3v) is 5.10. The van der Waals surface area contributed by atoms with E-state index in [1.54, 1.807) is 11.3 Å². The van der Waals surface area contributed by atoms with Gasteiger partial charge in [0, 0.05) is 14.7 Å². The molecule has 0 radical (unpaired) electrons. The highest BCUT2D eigenvalue weighted by atomic mass is 79.9. The van der Waals surface area contributed by atoms with Gasteiger partial charge in [-0.05, 0) is 41.3 Å². The number of carboxylic acids is 1. The number of aliphatic carboxylic acids is 1. The number of carboxylic acid groups (broad SMARTS) is 1. The molecule has 0 unspecified atom stereocenters. The maximum Gasteiger partial charge on any atom is 0.309 e. The Morgan fingerprint density at radius 1 is 1.44 bits per heavy atom. The van der Waals surface area contributed by atoms with Gasteiger partial charge in [-0.15, -0.1) is 11.3 Å². The molecule has 0 aromatic carbocycles. The molecule has 1 aliphatic carbocycles. The molecule has 16 heavy (non-hydrogen) atoms. The lowest BCUT2D eigenvalue weighted by Crippen LogP contribution is -2.35. The van der Waals surface area contributed by atoms with E-state index >= 15 is 0 Å². The minimum Gasteiger partial charge on any atom is -0.481 e. The van der Waals surface area contributed by atoms with E-state index in [2.05, 4.69) is 15.9 Å². The summed E-state index contributed by atoms with van der Waals surface area (Å²) in [5.41, 5.74) is -0.497. The van der Waals surface area contributed by atoms with Crippen LogP contribution in [-0.4, -0.2) is 11.1 Å². The van der Waals surface area contributed by atoms with Crippen LogP contribution in [0.1, 0.15) is 37.0 Å². The molecule has 1 fully saturated rings. The third kappa shape index (κ3) is 2.48. The highest BCUT2D eigenvalue weighted by Gasteiger charge is 2.39. The first-order valence-electron chi connectivity index (χ1n) is 5.59. The molecule has 1 aliphatic rings. The lowest BCUT2D eigenvalue weighted by atomic mass is 9.71. The van der Waals surface area contributed by atoms with Crippen LogP contribution in [0, 0.1) is 5.41 Å². The second kappa shape index (κ2) is 4.88.